The number of benzene rings is 1. The van der Waals surface area contributed by atoms with Crippen LogP contribution in [0.4, 0.5) is 0 Å². The van der Waals surface area contributed by atoms with Crippen LogP contribution in [0, 0.1) is 13.8 Å². The van der Waals surface area contributed by atoms with E-state index in [0.29, 0.717) is 17.0 Å². The molecule has 0 fully saturated rings. The van der Waals surface area contributed by atoms with E-state index in [9.17, 15) is 9.59 Å². The summed E-state index contributed by atoms with van der Waals surface area (Å²) in [5, 5.41) is 3.90. The fraction of sp³-hybridized carbons (Fsp3) is 0.250. The number of hydrogen-bond acceptors (Lipinski definition) is 6. The lowest BCUT2D eigenvalue weighted by atomic mass is 10.1. The molecule has 3 rings (SSSR count). The van der Waals surface area contributed by atoms with E-state index < -0.39 is 5.97 Å². The Kier molecular flexibility index (Phi) is 5.63. The Balaban J connectivity index is 1.48. The number of carbonyl (C=O) groups is 2. The summed E-state index contributed by atoms with van der Waals surface area (Å²) < 4.78 is 10.4. The molecule has 0 N–H and O–H groups in total. The number of aryl methyl sites for hydroxylation is 2. The van der Waals surface area contributed by atoms with Crippen molar-refractivity contribution >= 4 is 23.1 Å². The highest BCUT2D eigenvalue weighted by molar-refractivity contribution is 7.12. The van der Waals surface area contributed by atoms with Crippen LogP contribution in [0.3, 0.4) is 0 Å². The Morgan fingerprint density at radius 2 is 1.88 bits per heavy atom. The smallest absolute Gasteiger partial charge is 0.306 e. The van der Waals surface area contributed by atoms with Crippen LogP contribution in [0.25, 0.3) is 11.3 Å². The van der Waals surface area contributed by atoms with E-state index in [-0.39, 0.29) is 25.2 Å². The van der Waals surface area contributed by atoms with E-state index in [1.807, 2.05) is 50.2 Å². The maximum atomic E-state index is 12.2. The van der Waals surface area contributed by atoms with Gasteiger partial charge in [-0.25, -0.2) is 0 Å². The molecule has 3 aromatic rings. The van der Waals surface area contributed by atoms with Crippen molar-refractivity contribution in [3.63, 3.8) is 0 Å². The Bertz CT molecular complexity index is 911. The number of thiophene rings is 1. The van der Waals surface area contributed by atoms with Crippen LogP contribution < -0.4 is 0 Å². The average Bonchev–Trinajstić information content (AvgIpc) is 3.25. The molecule has 0 saturated heterocycles. The van der Waals surface area contributed by atoms with E-state index in [0.717, 1.165) is 15.3 Å². The number of hydrogen-bond donors (Lipinski definition) is 0. The molecule has 0 unspecified atom stereocenters. The minimum absolute atomic E-state index is 0.0277. The fourth-order valence-corrected chi connectivity index (χ4v) is 3.55. The second-order valence-electron chi connectivity index (χ2n) is 5.96. The minimum Gasteiger partial charge on any atom is -0.459 e. The first-order chi connectivity index (χ1) is 12.5. The summed E-state index contributed by atoms with van der Waals surface area (Å²) in [4.78, 5) is 26.2. The number of nitrogens with zero attached hydrogens (tertiary/aromatic N) is 1. The van der Waals surface area contributed by atoms with Crippen LogP contribution in [0.15, 0.2) is 47.0 Å². The molecule has 0 aliphatic heterocycles. The van der Waals surface area contributed by atoms with Crippen LogP contribution in [0.1, 0.15) is 38.6 Å². The zero-order chi connectivity index (χ0) is 18.5. The molecule has 0 amide bonds. The quantitative estimate of drug-likeness (QED) is 0.445. The summed E-state index contributed by atoms with van der Waals surface area (Å²) in [6.07, 6.45) is 0.195. The number of ether oxygens (including phenoxy) is 1. The van der Waals surface area contributed by atoms with Crippen molar-refractivity contribution in [1.82, 2.24) is 5.16 Å². The maximum absolute atomic E-state index is 12.2. The summed E-state index contributed by atoms with van der Waals surface area (Å²) in [5.41, 5.74) is 2.14. The average molecular weight is 369 g/mol. The van der Waals surface area contributed by atoms with E-state index >= 15 is 0 Å². The molecule has 0 aliphatic carbocycles. The summed E-state index contributed by atoms with van der Waals surface area (Å²) >= 11 is 1.58. The van der Waals surface area contributed by atoms with Crippen molar-refractivity contribution in [1.29, 1.82) is 0 Å². The topological polar surface area (TPSA) is 69.4 Å². The van der Waals surface area contributed by atoms with Gasteiger partial charge in [0.25, 0.3) is 0 Å². The Labute approximate surface area is 155 Å². The van der Waals surface area contributed by atoms with Gasteiger partial charge in [0, 0.05) is 33.4 Å². The predicted molar refractivity (Wildman–Crippen MR) is 99.1 cm³/mol. The van der Waals surface area contributed by atoms with Crippen molar-refractivity contribution in [2.45, 2.75) is 33.3 Å². The molecule has 6 heteroatoms. The van der Waals surface area contributed by atoms with Gasteiger partial charge in [0.15, 0.2) is 11.5 Å². The highest BCUT2D eigenvalue weighted by atomic mass is 32.1. The zero-order valence-electron chi connectivity index (χ0n) is 14.7. The van der Waals surface area contributed by atoms with Gasteiger partial charge in [0.1, 0.15) is 12.3 Å². The van der Waals surface area contributed by atoms with Gasteiger partial charge >= 0.3 is 5.97 Å². The molecule has 2 aromatic heterocycles. The first-order valence-electron chi connectivity index (χ1n) is 8.30. The van der Waals surface area contributed by atoms with E-state index in [4.69, 9.17) is 9.26 Å². The van der Waals surface area contributed by atoms with Gasteiger partial charge in [-0.1, -0.05) is 35.5 Å². The number of aromatic nitrogens is 1. The lowest BCUT2D eigenvalue weighted by Gasteiger charge is -2.02. The highest BCUT2D eigenvalue weighted by Gasteiger charge is 2.15. The van der Waals surface area contributed by atoms with Crippen LogP contribution in [-0.4, -0.2) is 16.9 Å². The lowest BCUT2D eigenvalue weighted by Crippen LogP contribution is -2.08. The molecular weight excluding hydrogens is 350 g/mol. The Morgan fingerprint density at radius 1 is 1.12 bits per heavy atom. The van der Waals surface area contributed by atoms with Gasteiger partial charge < -0.3 is 9.26 Å². The summed E-state index contributed by atoms with van der Waals surface area (Å²) in [7, 11) is 0. The largest absolute Gasteiger partial charge is 0.459 e. The molecule has 26 heavy (non-hydrogen) atoms. The normalized spacial score (nSPS) is 10.7. The minimum atomic E-state index is -0.424. The SMILES string of the molecule is Cc1cc(C(=O)CCC(=O)OCc2cc(-c3ccccc3)on2)c(C)s1. The van der Waals surface area contributed by atoms with Gasteiger partial charge in [-0.3, -0.25) is 9.59 Å². The van der Waals surface area contributed by atoms with Gasteiger partial charge in [0.2, 0.25) is 0 Å². The molecule has 0 spiro atoms. The van der Waals surface area contributed by atoms with Crippen LogP contribution in [0.5, 0.6) is 0 Å². The first kappa shape index (κ1) is 18.1. The molecule has 2 heterocycles. The third kappa shape index (κ3) is 4.46. The number of carbonyl (C=O) groups excluding carboxylic acids is 2. The monoisotopic (exact) mass is 369 g/mol. The van der Waals surface area contributed by atoms with Crippen LogP contribution in [0.2, 0.25) is 0 Å². The summed E-state index contributed by atoms with van der Waals surface area (Å²) in [6.45, 7) is 3.91. The summed E-state index contributed by atoms with van der Waals surface area (Å²) in [6, 6.07) is 13.2. The third-order valence-corrected chi connectivity index (χ3v) is 4.86. The molecule has 0 saturated carbocycles. The van der Waals surface area contributed by atoms with Crippen molar-refractivity contribution in [2.75, 3.05) is 0 Å². The molecular formula is C20H19NO4S. The van der Waals surface area contributed by atoms with Gasteiger partial charge in [-0.15, -0.1) is 11.3 Å². The van der Waals surface area contributed by atoms with Crippen molar-refractivity contribution in [3.8, 4) is 11.3 Å². The molecule has 0 bridgehead atoms. The molecule has 1 aromatic carbocycles. The predicted octanol–water partition coefficient (Wildman–Crippen LogP) is 4.73. The molecule has 134 valence electrons. The first-order valence-corrected chi connectivity index (χ1v) is 9.11. The van der Waals surface area contributed by atoms with Crippen LogP contribution in [-0.2, 0) is 16.1 Å². The molecule has 0 aliphatic rings. The fourth-order valence-electron chi connectivity index (χ4n) is 2.60. The van der Waals surface area contributed by atoms with Crippen molar-refractivity contribution < 1.29 is 18.8 Å². The lowest BCUT2D eigenvalue weighted by molar-refractivity contribution is -0.145. The van der Waals surface area contributed by atoms with Gasteiger partial charge in [0.05, 0.1) is 6.42 Å². The van der Waals surface area contributed by atoms with Crippen LogP contribution >= 0.6 is 11.3 Å². The van der Waals surface area contributed by atoms with E-state index in [2.05, 4.69) is 5.16 Å². The highest BCUT2D eigenvalue weighted by Crippen LogP contribution is 2.23. The second kappa shape index (κ2) is 8.10. The van der Waals surface area contributed by atoms with Crippen molar-refractivity contribution in [2.24, 2.45) is 0 Å². The van der Waals surface area contributed by atoms with E-state index in [1.165, 1.54) is 0 Å². The molecule has 5 nitrogen and oxygen atoms in total. The van der Waals surface area contributed by atoms with Crippen molar-refractivity contribution in [3.05, 3.63) is 63.5 Å². The standard InChI is InChI=1S/C20H19NO4S/c1-13-10-17(14(2)26-13)18(22)8-9-20(23)24-12-16-11-19(25-21-16)15-6-4-3-5-7-15/h3-7,10-11H,8-9,12H2,1-2H3. The van der Waals surface area contributed by atoms with Gasteiger partial charge in [-0.05, 0) is 19.9 Å². The zero-order valence-corrected chi connectivity index (χ0v) is 15.5. The molecule has 0 radical (unpaired) electrons. The summed E-state index contributed by atoms with van der Waals surface area (Å²) in [5.74, 6) is 0.166. The third-order valence-electron chi connectivity index (χ3n) is 3.90. The number of rotatable bonds is 7. The maximum Gasteiger partial charge on any atom is 0.306 e. The Morgan fingerprint density at radius 3 is 2.58 bits per heavy atom. The molecule has 0 atom stereocenters. The number of Topliss-reactive ketones (excluding diaryl/α,β-unsaturated/α-hetero) is 1. The number of esters is 1. The van der Waals surface area contributed by atoms with E-state index in [1.54, 1.807) is 17.4 Å². The Hall–Kier alpha value is -2.73. The number of ketones is 1. The second-order valence-corrected chi connectivity index (χ2v) is 7.42. The van der Waals surface area contributed by atoms with Gasteiger partial charge in [-0.2, -0.15) is 0 Å².